The lowest BCUT2D eigenvalue weighted by Crippen LogP contribution is -2.14. The smallest absolute Gasteiger partial charge is 0.0220 e. The molecule has 0 aliphatic heterocycles. The standard InChI is InChI=1S/C13H24N2/c1-3-5-6-8-14-11-13-7-10-15(12-13)9-4-2/h7,10,12,14H,3-6,8-9,11H2,1-2H3. The second-order valence-corrected chi connectivity index (χ2v) is 4.14. The minimum atomic E-state index is 1.01. The summed E-state index contributed by atoms with van der Waals surface area (Å²) in [6.45, 7) is 7.75. The molecule has 1 rings (SSSR count). The van der Waals surface area contributed by atoms with Crippen molar-refractivity contribution in [3.63, 3.8) is 0 Å². The van der Waals surface area contributed by atoms with E-state index in [0.29, 0.717) is 0 Å². The predicted octanol–water partition coefficient (Wildman–Crippen LogP) is 3.18. The lowest BCUT2D eigenvalue weighted by atomic mass is 10.2. The average Bonchev–Trinajstić information content (AvgIpc) is 2.66. The van der Waals surface area contributed by atoms with Crippen molar-refractivity contribution in [2.45, 2.75) is 52.6 Å². The second-order valence-electron chi connectivity index (χ2n) is 4.14. The third kappa shape index (κ3) is 5.03. The van der Waals surface area contributed by atoms with Crippen LogP contribution in [0.5, 0.6) is 0 Å². The molecule has 0 unspecified atom stereocenters. The molecule has 1 aromatic heterocycles. The van der Waals surface area contributed by atoms with E-state index in [1.807, 2.05) is 0 Å². The van der Waals surface area contributed by atoms with Gasteiger partial charge in [0.15, 0.2) is 0 Å². The molecule has 1 N–H and O–H groups in total. The van der Waals surface area contributed by atoms with Crippen LogP contribution in [-0.4, -0.2) is 11.1 Å². The molecular weight excluding hydrogens is 184 g/mol. The SMILES string of the molecule is CCCCCNCc1ccn(CCC)c1. The summed E-state index contributed by atoms with van der Waals surface area (Å²) in [7, 11) is 0. The van der Waals surface area contributed by atoms with E-state index < -0.39 is 0 Å². The van der Waals surface area contributed by atoms with Gasteiger partial charge in [-0.05, 0) is 31.0 Å². The van der Waals surface area contributed by atoms with Gasteiger partial charge in [-0.15, -0.1) is 0 Å². The largest absolute Gasteiger partial charge is 0.354 e. The monoisotopic (exact) mass is 208 g/mol. The fourth-order valence-electron chi connectivity index (χ4n) is 1.73. The van der Waals surface area contributed by atoms with Crippen molar-refractivity contribution >= 4 is 0 Å². The Morgan fingerprint density at radius 1 is 1.20 bits per heavy atom. The molecular formula is C13H24N2. The number of hydrogen-bond acceptors (Lipinski definition) is 1. The average molecular weight is 208 g/mol. The molecule has 86 valence electrons. The first-order chi connectivity index (χ1) is 7.36. The van der Waals surface area contributed by atoms with Gasteiger partial charge in [0.25, 0.3) is 0 Å². The Labute approximate surface area is 93.7 Å². The molecule has 0 aliphatic carbocycles. The Kier molecular flexibility index (Phi) is 6.17. The van der Waals surface area contributed by atoms with Gasteiger partial charge in [0, 0.05) is 25.5 Å². The normalized spacial score (nSPS) is 10.8. The Balaban J connectivity index is 2.14. The molecule has 0 spiro atoms. The highest BCUT2D eigenvalue weighted by Crippen LogP contribution is 2.02. The zero-order valence-corrected chi connectivity index (χ0v) is 10.1. The number of hydrogen-bond donors (Lipinski definition) is 1. The van der Waals surface area contributed by atoms with E-state index in [1.54, 1.807) is 0 Å². The Morgan fingerprint density at radius 3 is 2.80 bits per heavy atom. The van der Waals surface area contributed by atoms with Crippen molar-refractivity contribution in [1.82, 2.24) is 9.88 Å². The summed E-state index contributed by atoms with van der Waals surface area (Å²) >= 11 is 0. The molecule has 0 bridgehead atoms. The van der Waals surface area contributed by atoms with Crippen LogP contribution in [0.4, 0.5) is 0 Å². The molecule has 2 heteroatoms. The highest BCUT2D eigenvalue weighted by atomic mass is 14.9. The van der Waals surface area contributed by atoms with Gasteiger partial charge >= 0.3 is 0 Å². The molecule has 0 fully saturated rings. The first kappa shape index (κ1) is 12.3. The molecule has 0 aromatic carbocycles. The lowest BCUT2D eigenvalue weighted by molar-refractivity contribution is 0.614. The van der Waals surface area contributed by atoms with Gasteiger partial charge in [0.1, 0.15) is 0 Å². The second kappa shape index (κ2) is 7.52. The number of aromatic nitrogens is 1. The van der Waals surface area contributed by atoms with Gasteiger partial charge in [-0.1, -0.05) is 26.7 Å². The molecule has 0 aliphatic rings. The van der Waals surface area contributed by atoms with Crippen molar-refractivity contribution in [2.75, 3.05) is 6.54 Å². The highest BCUT2D eigenvalue weighted by molar-refractivity contribution is 5.09. The summed E-state index contributed by atoms with van der Waals surface area (Å²) < 4.78 is 2.27. The maximum Gasteiger partial charge on any atom is 0.0220 e. The lowest BCUT2D eigenvalue weighted by Gasteiger charge is -2.02. The van der Waals surface area contributed by atoms with Gasteiger partial charge in [-0.25, -0.2) is 0 Å². The topological polar surface area (TPSA) is 17.0 Å². The first-order valence-electron chi connectivity index (χ1n) is 6.22. The summed E-state index contributed by atoms with van der Waals surface area (Å²) in [5, 5.41) is 3.48. The van der Waals surface area contributed by atoms with Crippen LogP contribution in [0.1, 0.15) is 45.1 Å². The van der Waals surface area contributed by atoms with Crippen molar-refractivity contribution in [1.29, 1.82) is 0 Å². The minimum absolute atomic E-state index is 1.01. The maximum absolute atomic E-state index is 3.48. The van der Waals surface area contributed by atoms with Crippen molar-refractivity contribution in [3.05, 3.63) is 24.0 Å². The number of rotatable bonds is 8. The number of unbranched alkanes of at least 4 members (excludes halogenated alkanes) is 2. The zero-order valence-electron chi connectivity index (χ0n) is 10.1. The predicted molar refractivity (Wildman–Crippen MR) is 66.0 cm³/mol. The van der Waals surface area contributed by atoms with Crippen LogP contribution in [0, 0.1) is 0 Å². The number of nitrogens with one attached hydrogen (secondary N) is 1. The molecule has 0 atom stereocenters. The summed E-state index contributed by atoms with van der Waals surface area (Å²) in [4.78, 5) is 0. The number of aryl methyl sites for hydroxylation is 1. The Morgan fingerprint density at radius 2 is 2.07 bits per heavy atom. The molecule has 1 heterocycles. The molecule has 0 saturated carbocycles. The van der Waals surface area contributed by atoms with Crippen LogP contribution in [0.15, 0.2) is 18.5 Å². The fraction of sp³-hybridized carbons (Fsp3) is 0.692. The van der Waals surface area contributed by atoms with Gasteiger partial charge in [0.05, 0.1) is 0 Å². The van der Waals surface area contributed by atoms with E-state index >= 15 is 0 Å². The van der Waals surface area contributed by atoms with Gasteiger partial charge < -0.3 is 9.88 Å². The molecule has 0 saturated heterocycles. The summed E-state index contributed by atoms with van der Waals surface area (Å²) in [6.07, 6.45) is 9.56. The third-order valence-electron chi connectivity index (χ3n) is 2.58. The number of nitrogens with zero attached hydrogens (tertiary/aromatic N) is 1. The van der Waals surface area contributed by atoms with E-state index in [9.17, 15) is 0 Å². The van der Waals surface area contributed by atoms with Crippen molar-refractivity contribution in [2.24, 2.45) is 0 Å². The Bertz CT molecular complexity index is 253. The van der Waals surface area contributed by atoms with E-state index in [1.165, 1.54) is 31.2 Å². The van der Waals surface area contributed by atoms with Crippen LogP contribution < -0.4 is 5.32 Å². The van der Waals surface area contributed by atoms with Gasteiger partial charge in [-0.3, -0.25) is 0 Å². The highest BCUT2D eigenvalue weighted by Gasteiger charge is 1.95. The van der Waals surface area contributed by atoms with Crippen molar-refractivity contribution < 1.29 is 0 Å². The van der Waals surface area contributed by atoms with E-state index in [-0.39, 0.29) is 0 Å². The maximum atomic E-state index is 3.48. The van der Waals surface area contributed by atoms with Crippen LogP contribution in [-0.2, 0) is 13.1 Å². The summed E-state index contributed by atoms with van der Waals surface area (Å²) in [5.41, 5.74) is 1.40. The zero-order chi connectivity index (χ0) is 10.9. The van der Waals surface area contributed by atoms with Crippen LogP contribution >= 0.6 is 0 Å². The van der Waals surface area contributed by atoms with Crippen molar-refractivity contribution in [3.8, 4) is 0 Å². The molecule has 15 heavy (non-hydrogen) atoms. The first-order valence-corrected chi connectivity index (χ1v) is 6.22. The molecule has 1 aromatic rings. The van der Waals surface area contributed by atoms with E-state index in [4.69, 9.17) is 0 Å². The summed E-state index contributed by atoms with van der Waals surface area (Å²) in [5.74, 6) is 0. The minimum Gasteiger partial charge on any atom is -0.354 e. The van der Waals surface area contributed by atoms with Gasteiger partial charge in [-0.2, -0.15) is 0 Å². The molecule has 0 amide bonds. The third-order valence-corrected chi connectivity index (χ3v) is 2.58. The molecule has 0 radical (unpaired) electrons. The van der Waals surface area contributed by atoms with Crippen LogP contribution in [0.25, 0.3) is 0 Å². The van der Waals surface area contributed by atoms with Crippen LogP contribution in [0.3, 0.4) is 0 Å². The Hall–Kier alpha value is -0.760. The fourth-order valence-corrected chi connectivity index (χ4v) is 1.73. The van der Waals surface area contributed by atoms with E-state index in [0.717, 1.165) is 19.6 Å². The summed E-state index contributed by atoms with van der Waals surface area (Å²) in [6, 6.07) is 2.21. The van der Waals surface area contributed by atoms with Gasteiger partial charge in [0.2, 0.25) is 0 Å². The quantitative estimate of drug-likeness (QED) is 0.649. The van der Waals surface area contributed by atoms with E-state index in [2.05, 4.69) is 42.2 Å². The van der Waals surface area contributed by atoms with Crippen LogP contribution in [0.2, 0.25) is 0 Å². The molecule has 2 nitrogen and oxygen atoms in total.